The van der Waals surface area contributed by atoms with Crippen molar-refractivity contribution in [3.05, 3.63) is 28.7 Å². The van der Waals surface area contributed by atoms with Gasteiger partial charge in [0.1, 0.15) is 0 Å². The quantitative estimate of drug-likeness (QED) is 0.720. The van der Waals surface area contributed by atoms with Gasteiger partial charge in [-0.3, -0.25) is 4.79 Å². The van der Waals surface area contributed by atoms with Gasteiger partial charge in [-0.05, 0) is 37.1 Å². The molecule has 0 N–H and O–H groups in total. The Balaban J connectivity index is 2.05. The Hall–Kier alpha value is -1.13. The van der Waals surface area contributed by atoms with Crippen molar-refractivity contribution >= 4 is 31.9 Å². The summed E-state index contributed by atoms with van der Waals surface area (Å²) in [6, 6.07) is 5.89. The molecule has 25 heavy (non-hydrogen) atoms. The number of amides is 1. The maximum Gasteiger partial charge on any atom is 0.393 e. The SMILES string of the molecule is CN(CC(=O)N1CCC[C@@H](C(F)(F)F)C1)S(=O)(=O)c1ccc(Br)cc1. The Morgan fingerprint density at radius 2 is 1.92 bits per heavy atom. The predicted molar refractivity (Wildman–Crippen MR) is 89.3 cm³/mol. The van der Waals surface area contributed by atoms with Gasteiger partial charge in [-0.2, -0.15) is 17.5 Å². The van der Waals surface area contributed by atoms with E-state index in [4.69, 9.17) is 0 Å². The summed E-state index contributed by atoms with van der Waals surface area (Å²) in [5.74, 6) is -2.18. The standard InChI is InChI=1S/C15H18BrF3N2O3S/c1-20(25(23,24)13-6-4-12(16)5-7-13)10-14(22)21-8-2-3-11(9-21)15(17,18)19/h4-7,11H,2-3,8-10H2,1H3/t11-/m1/s1. The Morgan fingerprint density at radius 1 is 1.32 bits per heavy atom. The zero-order valence-corrected chi connectivity index (χ0v) is 15.9. The molecule has 2 rings (SSSR count). The number of likely N-dealkylation sites (tertiary alicyclic amines) is 1. The van der Waals surface area contributed by atoms with Gasteiger partial charge in [-0.15, -0.1) is 0 Å². The fraction of sp³-hybridized carbons (Fsp3) is 0.533. The van der Waals surface area contributed by atoms with Gasteiger partial charge >= 0.3 is 6.18 Å². The van der Waals surface area contributed by atoms with E-state index in [0.29, 0.717) is 4.47 Å². The first kappa shape index (κ1) is 20.2. The highest BCUT2D eigenvalue weighted by Gasteiger charge is 2.42. The van der Waals surface area contributed by atoms with Gasteiger partial charge in [0.2, 0.25) is 15.9 Å². The number of hydrogen-bond acceptors (Lipinski definition) is 3. The number of alkyl halides is 3. The average molecular weight is 443 g/mol. The zero-order chi connectivity index (χ0) is 18.8. The van der Waals surface area contributed by atoms with Gasteiger partial charge in [-0.1, -0.05) is 15.9 Å². The minimum Gasteiger partial charge on any atom is -0.341 e. The van der Waals surface area contributed by atoms with Crippen molar-refractivity contribution in [1.29, 1.82) is 0 Å². The Bertz CT molecular complexity index is 723. The van der Waals surface area contributed by atoms with Gasteiger partial charge < -0.3 is 4.90 Å². The molecule has 1 aliphatic rings. The van der Waals surface area contributed by atoms with Crippen molar-refractivity contribution in [2.24, 2.45) is 5.92 Å². The highest BCUT2D eigenvalue weighted by Crippen LogP contribution is 2.33. The Labute approximate surface area is 153 Å². The van der Waals surface area contributed by atoms with Crippen LogP contribution in [0.5, 0.6) is 0 Å². The molecule has 1 aromatic carbocycles. The second-order valence-corrected chi connectivity index (χ2v) is 8.90. The summed E-state index contributed by atoms with van der Waals surface area (Å²) in [6.45, 7) is -0.713. The minimum atomic E-state index is -4.35. The van der Waals surface area contributed by atoms with E-state index in [-0.39, 0.29) is 24.3 Å². The molecule has 1 amide bonds. The molecule has 0 spiro atoms. The number of hydrogen-bond donors (Lipinski definition) is 0. The molecule has 0 unspecified atom stereocenters. The number of halogens is 4. The topological polar surface area (TPSA) is 57.7 Å². The summed E-state index contributed by atoms with van der Waals surface area (Å²) in [6.07, 6.45) is -4.12. The first-order valence-corrected chi connectivity index (χ1v) is 9.81. The Kier molecular flexibility index (Phi) is 6.16. The molecule has 5 nitrogen and oxygen atoms in total. The average Bonchev–Trinajstić information content (AvgIpc) is 2.54. The van der Waals surface area contributed by atoms with Crippen LogP contribution in [0, 0.1) is 5.92 Å². The molecule has 1 saturated heterocycles. The number of sulfonamides is 1. The second kappa shape index (κ2) is 7.63. The van der Waals surface area contributed by atoms with E-state index >= 15 is 0 Å². The molecule has 1 aromatic rings. The van der Waals surface area contributed by atoms with Crippen LogP contribution in [0.1, 0.15) is 12.8 Å². The van der Waals surface area contributed by atoms with Crippen molar-refractivity contribution < 1.29 is 26.4 Å². The third-order valence-corrected chi connectivity index (χ3v) is 6.46. The van der Waals surface area contributed by atoms with Crippen molar-refractivity contribution in [2.75, 3.05) is 26.7 Å². The predicted octanol–water partition coefficient (Wildman–Crippen LogP) is 2.87. The summed E-state index contributed by atoms with van der Waals surface area (Å²) in [4.78, 5) is 13.4. The number of rotatable bonds is 4. The largest absolute Gasteiger partial charge is 0.393 e. The van der Waals surface area contributed by atoms with E-state index in [2.05, 4.69) is 15.9 Å². The van der Waals surface area contributed by atoms with Crippen LogP contribution in [0.25, 0.3) is 0 Å². The van der Waals surface area contributed by atoms with Crippen LogP contribution in [0.15, 0.2) is 33.6 Å². The summed E-state index contributed by atoms with van der Waals surface area (Å²) in [5, 5.41) is 0. The molecule has 0 radical (unpaired) electrons. The number of likely N-dealkylation sites (N-methyl/N-ethyl adjacent to an activating group) is 1. The molecule has 0 saturated carbocycles. The monoisotopic (exact) mass is 442 g/mol. The van der Waals surface area contributed by atoms with E-state index in [9.17, 15) is 26.4 Å². The number of benzene rings is 1. The van der Waals surface area contributed by atoms with Crippen molar-refractivity contribution in [2.45, 2.75) is 23.9 Å². The fourth-order valence-electron chi connectivity index (χ4n) is 2.63. The molecule has 0 aromatic heterocycles. The normalized spacial score (nSPS) is 19.3. The van der Waals surface area contributed by atoms with E-state index in [1.54, 1.807) is 12.1 Å². The highest BCUT2D eigenvalue weighted by atomic mass is 79.9. The third-order valence-electron chi connectivity index (χ3n) is 4.12. The summed E-state index contributed by atoms with van der Waals surface area (Å²) in [5.41, 5.74) is 0. The van der Waals surface area contributed by atoms with Crippen LogP contribution in [0.2, 0.25) is 0 Å². The summed E-state index contributed by atoms with van der Waals surface area (Å²) in [7, 11) is -2.65. The lowest BCUT2D eigenvalue weighted by molar-refractivity contribution is -0.188. The summed E-state index contributed by atoms with van der Waals surface area (Å²) < 4.78 is 65.0. The van der Waals surface area contributed by atoms with Gasteiger partial charge in [0.15, 0.2) is 0 Å². The molecule has 1 aliphatic heterocycles. The van der Waals surface area contributed by atoms with E-state index < -0.39 is 41.1 Å². The lowest BCUT2D eigenvalue weighted by atomic mass is 9.97. The minimum absolute atomic E-state index is 0.0119. The van der Waals surface area contributed by atoms with E-state index in [1.165, 1.54) is 19.2 Å². The van der Waals surface area contributed by atoms with Crippen LogP contribution in [-0.4, -0.2) is 56.4 Å². The first-order chi connectivity index (χ1) is 11.5. The van der Waals surface area contributed by atoms with Gasteiger partial charge in [0.05, 0.1) is 17.4 Å². The second-order valence-electron chi connectivity index (χ2n) is 5.94. The molecule has 0 aliphatic carbocycles. The maximum absolute atomic E-state index is 12.8. The van der Waals surface area contributed by atoms with E-state index in [1.807, 2.05) is 0 Å². The number of nitrogens with zero attached hydrogens (tertiary/aromatic N) is 2. The highest BCUT2D eigenvalue weighted by molar-refractivity contribution is 9.10. The summed E-state index contributed by atoms with van der Waals surface area (Å²) >= 11 is 3.20. The van der Waals surface area contributed by atoms with Crippen LogP contribution in [-0.2, 0) is 14.8 Å². The van der Waals surface area contributed by atoms with Gasteiger partial charge in [0, 0.05) is 24.6 Å². The molecular weight excluding hydrogens is 425 g/mol. The number of piperidine rings is 1. The maximum atomic E-state index is 12.8. The Morgan fingerprint density at radius 3 is 2.48 bits per heavy atom. The van der Waals surface area contributed by atoms with Gasteiger partial charge in [0.25, 0.3) is 0 Å². The molecule has 0 bridgehead atoms. The zero-order valence-electron chi connectivity index (χ0n) is 13.5. The molecule has 1 heterocycles. The lowest BCUT2D eigenvalue weighted by Crippen LogP contribution is -2.48. The van der Waals surface area contributed by atoms with E-state index in [0.717, 1.165) is 9.21 Å². The molecular formula is C15H18BrF3N2O3S. The van der Waals surface area contributed by atoms with Gasteiger partial charge in [-0.25, -0.2) is 8.42 Å². The molecule has 10 heteroatoms. The third kappa shape index (κ3) is 4.95. The molecule has 140 valence electrons. The van der Waals surface area contributed by atoms with Crippen molar-refractivity contribution in [3.8, 4) is 0 Å². The first-order valence-electron chi connectivity index (χ1n) is 7.58. The van der Waals surface area contributed by atoms with Crippen molar-refractivity contribution in [3.63, 3.8) is 0 Å². The van der Waals surface area contributed by atoms with Crippen molar-refractivity contribution in [1.82, 2.24) is 9.21 Å². The van der Waals surface area contributed by atoms with Crippen LogP contribution < -0.4 is 0 Å². The lowest BCUT2D eigenvalue weighted by Gasteiger charge is -2.34. The molecule has 1 atom stereocenters. The smallest absolute Gasteiger partial charge is 0.341 e. The van der Waals surface area contributed by atoms with Crippen LogP contribution in [0.3, 0.4) is 0 Å². The molecule has 1 fully saturated rings. The number of carbonyl (C=O) groups is 1. The van der Waals surface area contributed by atoms with Crippen LogP contribution in [0.4, 0.5) is 13.2 Å². The fourth-order valence-corrected chi connectivity index (χ4v) is 4.02. The number of carbonyl (C=O) groups excluding carboxylic acids is 1. The van der Waals surface area contributed by atoms with Crippen LogP contribution >= 0.6 is 15.9 Å².